The van der Waals surface area contributed by atoms with Crippen LogP contribution in [0.4, 0.5) is 23.7 Å². The Hall–Kier alpha value is -2.02. The van der Waals surface area contributed by atoms with Crippen molar-refractivity contribution in [3.63, 3.8) is 0 Å². The predicted molar refractivity (Wildman–Crippen MR) is 120 cm³/mol. The summed E-state index contributed by atoms with van der Waals surface area (Å²) < 4.78 is 38.9. The second-order valence-electron chi connectivity index (χ2n) is 10.1. The highest BCUT2D eigenvalue weighted by Gasteiger charge is 2.51. The van der Waals surface area contributed by atoms with Crippen molar-refractivity contribution in [1.29, 1.82) is 0 Å². The molecular formula is C25H34F3N3O. The molecule has 5 rings (SSSR count). The van der Waals surface area contributed by atoms with E-state index in [1.165, 1.54) is 25.0 Å². The molecule has 2 fully saturated rings. The maximum absolute atomic E-state index is 13.0. The average molecular weight is 450 g/mol. The summed E-state index contributed by atoms with van der Waals surface area (Å²) in [4.78, 5) is 17.1. The number of benzene rings is 1. The van der Waals surface area contributed by atoms with Gasteiger partial charge in [0.05, 0.1) is 5.56 Å². The molecule has 1 aromatic carbocycles. The van der Waals surface area contributed by atoms with Crippen molar-refractivity contribution >= 4 is 11.7 Å². The third-order valence-corrected chi connectivity index (χ3v) is 8.03. The van der Waals surface area contributed by atoms with Crippen molar-refractivity contribution in [2.75, 3.05) is 31.5 Å². The van der Waals surface area contributed by atoms with E-state index in [1.807, 2.05) is 6.92 Å². The Morgan fingerprint density at radius 3 is 2.56 bits per heavy atom. The Morgan fingerprint density at radius 1 is 1.25 bits per heavy atom. The lowest BCUT2D eigenvalue weighted by atomic mass is 9.49. The quantitative estimate of drug-likeness (QED) is 0.558. The Balaban J connectivity index is 1.31. The molecule has 2 bridgehead atoms. The number of amides is 2. The maximum atomic E-state index is 13.0. The summed E-state index contributed by atoms with van der Waals surface area (Å²) in [6.07, 6.45) is 2.32. The second-order valence-corrected chi connectivity index (χ2v) is 10.1. The molecule has 176 valence electrons. The number of anilines is 1. The topological polar surface area (TPSA) is 35.6 Å². The predicted octanol–water partition coefficient (Wildman–Crippen LogP) is 6.02. The molecule has 2 atom stereocenters. The minimum Gasteiger partial charge on any atom is -0.322 e. The SMILES string of the molecule is CCN(C(=O)Nc1cccc(C(F)(F)F)c1)C1CCN(CC2=CC[C@H]3C[C@@H]2C3(C)C)CC1. The number of likely N-dealkylation sites (tertiary alicyclic amines) is 1. The summed E-state index contributed by atoms with van der Waals surface area (Å²) in [6.45, 7) is 10.1. The van der Waals surface area contributed by atoms with Gasteiger partial charge in [-0.15, -0.1) is 0 Å². The van der Waals surface area contributed by atoms with Gasteiger partial charge in [-0.2, -0.15) is 13.2 Å². The Bertz CT molecular complexity index is 871. The number of carbonyl (C=O) groups is 1. The van der Waals surface area contributed by atoms with Crippen molar-refractivity contribution in [1.82, 2.24) is 9.80 Å². The minimum absolute atomic E-state index is 0.104. The van der Waals surface area contributed by atoms with E-state index in [1.54, 1.807) is 10.5 Å². The number of urea groups is 1. The monoisotopic (exact) mass is 449 g/mol. The number of halogens is 3. The highest BCUT2D eigenvalue weighted by atomic mass is 19.4. The fourth-order valence-electron chi connectivity index (χ4n) is 5.84. The molecule has 3 aliphatic carbocycles. The van der Waals surface area contributed by atoms with E-state index in [-0.39, 0.29) is 17.8 Å². The van der Waals surface area contributed by atoms with Gasteiger partial charge >= 0.3 is 12.2 Å². The molecule has 1 aliphatic heterocycles. The van der Waals surface area contributed by atoms with Crippen LogP contribution in [0.1, 0.15) is 52.0 Å². The maximum Gasteiger partial charge on any atom is 0.416 e. The lowest BCUT2D eigenvalue weighted by Gasteiger charge is -2.57. The molecule has 0 spiro atoms. The lowest BCUT2D eigenvalue weighted by molar-refractivity contribution is -0.137. The van der Waals surface area contributed by atoms with Crippen molar-refractivity contribution in [2.24, 2.45) is 17.3 Å². The fourth-order valence-corrected chi connectivity index (χ4v) is 5.84. The van der Waals surface area contributed by atoms with Gasteiger partial charge in [-0.05, 0) is 68.1 Å². The van der Waals surface area contributed by atoms with Gasteiger partial charge in [-0.25, -0.2) is 4.79 Å². The number of fused-ring (bicyclic) bond motifs is 1. The van der Waals surface area contributed by atoms with Gasteiger partial charge in [0.25, 0.3) is 0 Å². The first-order chi connectivity index (χ1) is 15.1. The summed E-state index contributed by atoms with van der Waals surface area (Å²) in [6, 6.07) is 4.58. The van der Waals surface area contributed by atoms with Gasteiger partial charge in [0, 0.05) is 37.9 Å². The van der Waals surface area contributed by atoms with Crippen LogP contribution < -0.4 is 5.32 Å². The Labute approximate surface area is 188 Å². The summed E-state index contributed by atoms with van der Waals surface area (Å²) in [7, 11) is 0. The van der Waals surface area contributed by atoms with Crippen LogP contribution in [0.3, 0.4) is 0 Å². The normalized spacial score (nSPS) is 25.6. The highest BCUT2D eigenvalue weighted by Crippen LogP contribution is 2.59. The van der Waals surface area contributed by atoms with Crippen LogP contribution >= 0.6 is 0 Å². The molecule has 1 saturated carbocycles. The number of carbonyl (C=O) groups excluding carboxylic acids is 1. The largest absolute Gasteiger partial charge is 0.416 e. The van der Waals surface area contributed by atoms with E-state index in [4.69, 9.17) is 0 Å². The molecule has 4 nitrogen and oxygen atoms in total. The first-order valence-corrected chi connectivity index (χ1v) is 11.8. The molecule has 4 aliphatic rings. The molecule has 7 heteroatoms. The molecular weight excluding hydrogens is 415 g/mol. The lowest BCUT2D eigenvalue weighted by Crippen LogP contribution is -2.52. The van der Waals surface area contributed by atoms with E-state index in [0.717, 1.165) is 50.5 Å². The first-order valence-electron chi connectivity index (χ1n) is 11.8. The van der Waals surface area contributed by atoms with E-state index in [0.29, 0.717) is 17.9 Å². The van der Waals surface area contributed by atoms with Crippen LogP contribution in [-0.2, 0) is 6.18 Å². The molecule has 0 unspecified atom stereocenters. The van der Waals surface area contributed by atoms with Crippen molar-refractivity contribution in [3.05, 3.63) is 41.5 Å². The third kappa shape index (κ3) is 4.54. The minimum atomic E-state index is -4.43. The van der Waals surface area contributed by atoms with Gasteiger partial charge in [0.15, 0.2) is 0 Å². The van der Waals surface area contributed by atoms with Crippen molar-refractivity contribution in [2.45, 2.75) is 58.7 Å². The highest BCUT2D eigenvalue weighted by molar-refractivity contribution is 5.89. The zero-order valence-corrected chi connectivity index (χ0v) is 19.2. The van der Waals surface area contributed by atoms with Gasteiger partial charge in [-0.3, -0.25) is 4.90 Å². The fraction of sp³-hybridized carbons (Fsp3) is 0.640. The van der Waals surface area contributed by atoms with Gasteiger partial charge in [-0.1, -0.05) is 31.6 Å². The van der Waals surface area contributed by atoms with Crippen LogP contribution in [0.25, 0.3) is 0 Å². The first kappa shape index (κ1) is 23.1. The van der Waals surface area contributed by atoms with Crippen LogP contribution in [0.2, 0.25) is 0 Å². The number of alkyl halides is 3. The van der Waals surface area contributed by atoms with Gasteiger partial charge in [0.2, 0.25) is 0 Å². The number of nitrogens with one attached hydrogen (secondary N) is 1. The third-order valence-electron chi connectivity index (χ3n) is 8.03. The zero-order chi connectivity index (χ0) is 23.1. The molecule has 1 N–H and O–H groups in total. The summed E-state index contributed by atoms with van der Waals surface area (Å²) in [5.41, 5.74) is 1.43. The smallest absolute Gasteiger partial charge is 0.322 e. The Morgan fingerprint density at radius 2 is 1.97 bits per heavy atom. The summed E-state index contributed by atoms with van der Waals surface area (Å²) >= 11 is 0. The van der Waals surface area contributed by atoms with E-state index in [2.05, 4.69) is 30.1 Å². The molecule has 0 radical (unpaired) electrons. The van der Waals surface area contributed by atoms with Crippen LogP contribution in [-0.4, -0.2) is 48.1 Å². The number of piperidine rings is 1. The second kappa shape index (κ2) is 8.73. The molecule has 32 heavy (non-hydrogen) atoms. The summed E-state index contributed by atoms with van der Waals surface area (Å²) in [5.74, 6) is 1.56. The molecule has 0 aromatic heterocycles. The molecule has 1 aromatic rings. The van der Waals surface area contributed by atoms with E-state index < -0.39 is 11.7 Å². The number of nitrogens with zero attached hydrogens (tertiary/aromatic N) is 2. The van der Waals surface area contributed by atoms with Crippen molar-refractivity contribution in [3.8, 4) is 0 Å². The molecule has 1 saturated heterocycles. The van der Waals surface area contributed by atoms with Gasteiger partial charge < -0.3 is 10.2 Å². The number of allylic oxidation sites excluding steroid dienone is 1. The Kier molecular flexibility index (Phi) is 6.31. The van der Waals surface area contributed by atoms with Crippen LogP contribution in [0.15, 0.2) is 35.9 Å². The number of hydrogen-bond donors (Lipinski definition) is 1. The van der Waals surface area contributed by atoms with Crippen LogP contribution in [0, 0.1) is 17.3 Å². The standard InChI is InChI=1S/C25H34F3N3O/c1-4-31(23(32)29-20-7-5-6-19(14-20)25(26,27)28)21-10-12-30(13-11-21)16-17-8-9-18-15-22(17)24(18,2)3/h5-8,14,18,21-22H,4,9-13,15-16H2,1-3H3,(H,29,32)/t18-,22-/m0/s1. The number of hydrogen-bond acceptors (Lipinski definition) is 2. The molecule has 1 heterocycles. The average Bonchev–Trinajstić information content (AvgIpc) is 2.75. The van der Waals surface area contributed by atoms with Crippen molar-refractivity contribution < 1.29 is 18.0 Å². The summed E-state index contributed by atoms with van der Waals surface area (Å²) in [5, 5.41) is 2.66. The number of rotatable bonds is 5. The van der Waals surface area contributed by atoms with E-state index in [9.17, 15) is 18.0 Å². The zero-order valence-electron chi connectivity index (χ0n) is 19.2. The van der Waals surface area contributed by atoms with Gasteiger partial charge in [0.1, 0.15) is 0 Å². The van der Waals surface area contributed by atoms with E-state index >= 15 is 0 Å². The van der Waals surface area contributed by atoms with Crippen LogP contribution in [0.5, 0.6) is 0 Å². The molecule has 2 amide bonds.